The zero-order valence-corrected chi connectivity index (χ0v) is 19.0. The molecule has 0 bridgehead atoms. The summed E-state index contributed by atoms with van der Waals surface area (Å²) in [5, 5.41) is 0. The number of hydrogen-bond donors (Lipinski definition) is 0. The molecule has 0 unspecified atom stereocenters. The Morgan fingerprint density at radius 1 is 0.607 bits per heavy atom. The summed E-state index contributed by atoms with van der Waals surface area (Å²) < 4.78 is 0. The zero-order chi connectivity index (χ0) is 21.3. The summed E-state index contributed by atoms with van der Waals surface area (Å²) in [6.07, 6.45) is 11.4. The molecule has 0 N–H and O–H groups in total. The van der Waals surface area contributed by atoms with Gasteiger partial charge in [0.25, 0.3) is 0 Å². The molecule has 0 aromatic carbocycles. The van der Waals surface area contributed by atoms with Crippen molar-refractivity contribution < 1.29 is 9.59 Å². The standard InChI is InChI=1S/C26H36O2/c1-9-17-13-19(14-18(10-2)23(17)27)20-15-21(25(5,6)11-3)24(28)22(16-20)26(7,8)12-4/h13-16H,9-12H2,1-8H3. The largest absolute Gasteiger partial charge is 0.289 e. The highest BCUT2D eigenvalue weighted by atomic mass is 16.1. The van der Waals surface area contributed by atoms with E-state index in [0.717, 1.165) is 59.1 Å². The fraction of sp³-hybridized carbons (Fsp3) is 0.538. The van der Waals surface area contributed by atoms with Crippen LogP contribution in [-0.4, -0.2) is 11.6 Å². The van der Waals surface area contributed by atoms with Gasteiger partial charge in [-0.3, -0.25) is 9.59 Å². The van der Waals surface area contributed by atoms with Gasteiger partial charge in [-0.15, -0.1) is 0 Å². The normalized spacial score (nSPS) is 18.7. The van der Waals surface area contributed by atoms with Crippen LogP contribution in [0.1, 0.15) is 81.1 Å². The maximum atomic E-state index is 13.4. The van der Waals surface area contributed by atoms with Crippen LogP contribution in [0.15, 0.2) is 57.7 Å². The molecule has 2 nitrogen and oxygen atoms in total. The molecule has 0 atom stereocenters. The maximum absolute atomic E-state index is 13.4. The van der Waals surface area contributed by atoms with Gasteiger partial charge >= 0.3 is 0 Å². The number of allylic oxidation sites excluding steroid dienone is 10. The minimum atomic E-state index is -0.189. The van der Waals surface area contributed by atoms with Crippen molar-refractivity contribution in [3.63, 3.8) is 0 Å². The summed E-state index contributed by atoms with van der Waals surface area (Å²) >= 11 is 0. The average molecular weight is 381 g/mol. The monoisotopic (exact) mass is 380 g/mol. The Kier molecular flexibility index (Phi) is 6.53. The summed E-state index contributed by atoms with van der Waals surface area (Å²) in [5.41, 5.74) is 5.20. The Hall–Kier alpha value is -1.96. The molecule has 0 aromatic rings. The third-order valence-corrected chi connectivity index (χ3v) is 6.65. The van der Waals surface area contributed by atoms with Crippen molar-refractivity contribution in [3.05, 3.63) is 57.7 Å². The molecule has 0 spiro atoms. The second-order valence-electron chi connectivity index (χ2n) is 9.21. The van der Waals surface area contributed by atoms with Crippen molar-refractivity contribution in [3.8, 4) is 0 Å². The van der Waals surface area contributed by atoms with Crippen LogP contribution in [0.25, 0.3) is 0 Å². The van der Waals surface area contributed by atoms with Gasteiger partial charge in [-0.25, -0.2) is 0 Å². The summed E-state index contributed by atoms with van der Waals surface area (Å²) in [5.74, 6) is 0.340. The lowest BCUT2D eigenvalue weighted by atomic mass is 9.68. The van der Waals surface area contributed by atoms with E-state index in [4.69, 9.17) is 0 Å². The van der Waals surface area contributed by atoms with Crippen LogP contribution in [-0.2, 0) is 9.59 Å². The molecule has 0 saturated carbocycles. The Balaban J connectivity index is 2.80. The highest BCUT2D eigenvalue weighted by Gasteiger charge is 2.37. The van der Waals surface area contributed by atoms with Gasteiger partial charge in [0, 0.05) is 22.3 Å². The van der Waals surface area contributed by atoms with Crippen LogP contribution < -0.4 is 0 Å². The van der Waals surface area contributed by atoms with E-state index in [0.29, 0.717) is 0 Å². The Morgan fingerprint density at radius 2 is 0.964 bits per heavy atom. The van der Waals surface area contributed by atoms with Crippen LogP contribution >= 0.6 is 0 Å². The fourth-order valence-corrected chi connectivity index (χ4v) is 3.63. The smallest absolute Gasteiger partial charge is 0.186 e. The van der Waals surface area contributed by atoms with Crippen LogP contribution in [0.4, 0.5) is 0 Å². The first-order valence-electron chi connectivity index (χ1n) is 10.7. The summed E-state index contributed by atoms with van der Waals surface area (Å²) in [7, 11) is 0. The molecule has 2 aliphatic carbocycles. The first kappa shape index (κ1) is 22.3. The van der Waals surface area contributed by atoms with Crippen LogP contribution in [0.3, 0.4) is 0 Å². The topological polar surface area (TPSA) is 34.1 Å². The molecule has 0 fully saturated rings. The second kappa shape index (κ2) is 8.19. The minimum Gasteiger partial charge on any atom is -0.289 e. The third-order valence-electron chi connectivity index (χ3n) is 6.65. The lowest BCUT2D eigenvalue weighted by Crippen LogP contribution is -2.30. The zero-order valence-electron chi connectivity index (χ0n) is 19.0. The van der Waals surface area contributed by atoms with Crippen LogP contribution in [0.5, 0.6) is 0 Å². The van der Waals surface area contributed by atoms with Crippen molar-refractivity contribution in [2.24, 2.45) is 10.8 Å². The Bertz CT molecular complexity index is 772. The van der Waals surface area contributed by atoms with Gasteiger partial charge in [-0.05, 0) is 72.0 Å². The van der Waals surface area contributed by atoms with E-state index in [1.165, 1.54) is 0 Å². The van der Waals surface area contributed by atoms with E-state index in [-0.39, 0.29) is 22.4 Å². The number of carbonyl (C=O) groups excluding carboxylic acids is 2. The van der Waals surface area contributed by atoms with E-state index in [1.54, 1.807) is 0 Å². The number of Topliss-reactive ketones (excluding diaryl/α,β-unsaturated/α-hetero) is 2. The van der Waals surface area contributed by atoms with Gasteiger partial charge in [0.15, 0.2) is 11.6 Å². The molecule has 0 amide bonds. The van der Waals surface area contributed by atoms with Gasteiger partial charge in [0.2, 0.25) is 0 Å². The fourth-order valence-electron chi connectivity index (χ4n) is 3.63. The quantitative estimate of drug-likeness (QED) is 0.505. The van der Waals surface area contributed by atoms with Crippen molar-refractivity contribution in [2.75, 3.05) is 0 Å². The van der Waals surface area contributed by atoms with E-state index in [9.17, 15) is 9.59 Å². The first-order chi connectivity index (χ1) is 13.0. The highest BCUT2D eigenvalue weighted by molar-refractivity contribution is 6.13. The molecule has 0 radical (unpaired) electrons. The summed E-state index contributed by atoms with van der Waals surface area (Å²) in [6.45, 7) is 16.9. The summed E-state index contributed by atoms with van der Waals surface area (Å²) in [6, 6.07) is 0. The van der Waals surface area contributed by atoms with Crippen LogP contribution in [0, 0.1) is 10.8 Å². The second-order valence-corrected chi connectivity index (χ2v) is 9.21. The number of rotatable bonds is 6. The van der Waals surface area contributed by atoms with Crippen molar-refractivity contribution in [2.45, 2.75) is 81.1 Å². The molecule has 0 saturated heterocycles. The molecule has 2 rings (SSSR count). The first-order valence-corrected chi connectivity index (χ1v) is 10.7. The summed E-state index contributed by atoms with van der Waals surface area (Å²) in [4.78, 5) is 26.0. The van der Waals surface area contributed by atoms with Gasteiger partial charge in [-0.2, -0.15) is 0 Å². The van der Waals surface area contributed by atoms with Gasteiger partial charge in [0.05, 0.1) is 0 Å². The number of ketones is 2. The predicted octanol–water partition coefficient (Wildman–Crippen LogP) is 6.85. The third kappa shape index (κ3) is 4.06. The van der Waals surface area contributed by atoms with Gasteiger partial charge in [-0.1, -0.05) is 55.4 Å². The van der Waals surface area contributed by atoms with Gasteiger partial charge < -0.3 is 0 Å². The van der Waals surface area contributed by atoms with Gasteiger partial charge in [0.1, 0.15) is 0 Å². The van der Waals surface area contributed by atoms with Crippen molar-refractivity contribution in [1.29, 1.82) is 0 Å². The number of hydrogen-bond acceptors (Lipinski definition) is 2. The lowest BCUT2D eigenvalue weighted by Gasteiger charge is -2.34. The molecule has 0 aromatic heterocycles. The maximum Gasteiger partial charge on any atom is 0.186 e. The predicted molar refractivity (Wildman–Crippen MR) is 118 cm³/mol. The molecule has 28 heavy (non-hydrogen) atoms. The van der Waals surface area contributed by atoms with E-state index in [1.807, 2.05) is 26.0 Å². The highest BCUT2D eigenvalue weighted by Crippen LogP contribution is 2.43. The van der Waals surface area contributed by atoms with Crippen molar-refractivity contribution in [1.82, 2.24) is 0 Å². The van der Waals surface area contributed by atoms with E-state index >= 15 is 0 Å². The Labute approximate surface area is 171 Å². The van der Waals surface area contributed by atoms with Crippen molar-refractivity contribution >= 4 is 11.6 Å². The Morgan fingerprint density at radius 3 is 1.29 bits per heavy atom. The average Bonchev–Trinajstić information content (AvgIpc) is 2.68. The van der Waals surface area contributed by atoms with E-state index in [2.05, 4.69) is 53.7 Å². The molecule has 2 aliphatic rings. The molecule has 152 valence electrons. The molecular formula is C26H36O2. The molecule has 2 heteroatoms. The minimum absolute atomic E-state index is 0.164. The SMILES string of the molecule is CCC1=CC(=C2C=C(C(C)(C)CC)C(=O)C(C(C)(C)CC)=C2)C=C(CC)C1=O. The van der Waals surface area contributed by atoms with E-state index < -0.39 is 0 Å². The lowest BCUT2D eigenvalue weighted by molar-refractivity contribution is -0.114. The molecule has 0 aliphatic heterocycles. The number of carbonyl (C=O) groups is 2. The molecular weight excluding hydrogens is 344 g/mol. The van der Waals surface area contributed by atoms with Crippen LogP contribution in [0.2, 0.25) is 0 Å². The molecule has 0 heterocycles.